The Hall–Kier alpha value is -4.11. The lowest BCUT2D eigenvalue weighted by molar-refractivity contribution is -0.139. The minimum Gasteiger partial charge on any atom is -0.493 e. The Morgan fingerprint density at radius 3 is 2.60 bits per heavy atom. The van der Waals surface area contributed by atoms with Crippen molar-refractivity contribution in [1.82, 2.24) is 9.13 Å². The Kier molecular flexibility index (Phi) is 7.67. The van der Waals surface area contributed by atoms with Crippen LogP contribution in [0.25, 0.3) is 17.0 Å². The molecule has 4 aromatic rings. The summed E-state index contributed by atoms with van der Waals surface area (Å²) in [6.07, 6.45) is 4.00. The molecule has 0 radical (unpaired) electrons. The highest BCUT2D eigenvalue weighted by molar-refractivity contribution is 7.07. The maximum absolute atomic E-state index is 14.1. The van der Waals surface area contributed by atoms with E-state index in [0.717, 1.165) is 16.5 Å². The van der Waals surface area contributed by atoms with Gasteiger partial charge in [-0.1, -0.05) is 35.6 Å². The first kappa shape index (κ1) is 27.5. The van der Waals surface area contributed by atoms with E-state index in [2.05, 4.69) is 36.7 Å². The highest BCUT2D eigenvalue weighted by Gasteiger charge is 2.34. The number of para-hydroxylation sites is 1. The largest absolute Gasteiger partial charge is 0.493 e. The van der Waals surface area contributed by atoms with Gasteiger partial charge in [0.05, 0.1) is 42.2 Å². The van der Waals surface area contributed by atoms with E-state index < -0.39 is 12.0 Å². The van der Waals surface area contributed by atoms with Crippen LogP contribution >= 0.6 is 11.3 Å². The molecule has 0 bridgehead atoms. The summed E-state index contributed by atoms with van der Waals surface area (Å²) >= 11 is 1.31. The maximum Gasteiger partial charge on any atom is 0.338 e. The molecule has 2 aromatic carbocycles. The molecule has 0 amide bonds. The topological polar surface area (TPSA) is 84.1 Å². The van der Waals surface area contributed by atoms with Crippen LogP contribution in [0.4, 0.5) is 0 Å². The predicted molar refractivity (Wildman–Crippen MR) is 157 cm³/mol. The third-order valence-electron chi connectivity index (χ3n) is 6.93. The number of methoxy groups -OCH3 is 1. The van der Waals surface area contributed by atoms with E-state index in [4.69, 9.17) is 19.2 Å². The SMILES string of the molecule is CCOC(=O)C1=C(C)N=c2s/c(=C\c3cn(C(C)C)c4ccccc34)c(=O)n2[C@@H]1c1ccc(OC)c(OCC)c1. The van der Waals surface area contributed by atoms with Crippen molar-refractivity contribution in [3.05, 3.63) is 90.7 Å². The highest BCUT2D eigenvalue weighted by atomic mass is 32.1. The van der Waals surface area contributed by atoms with Crippen molar-refractivity contribution in [3.63, 3.8) is 0 Å². The smallest absolute Gasteiger partial charge is 0.338 e. The summed E-state index contributed by atoms with van der Waals surface area (Å²) < 4.78 is 21.0. The molecule has 1 aliphatic heterocycles. The predicted octanol–water partition coefficient (Wildman–Crippen LogP) is 4.74. The van der Waals surface area contributed by atoms with Crippen molar-refractivity contribution in [2.75, 3.05) is 20.3 Å². The Labute approximate surface area is 236 Å². The summed E-state index contributed by atoms with van der Waals surface area (Å²) in [5.74, 6) is 0.596. The monoisotopic (exact) mass is 559 g/mol. The molecule has 2 aromatic heterocycles. The molecule has 5 rings (SSSR count). The van der Waals surface area contributed by atoms with E-state index in [-0.39, 0.29) is 18.2 Å². The summed E-state index contributed by atoms with van der Waals surface area (Å²) in [7, 11) is 1.57. The van der Waals surface area contributed by atoms with Crippen molar-refractivity contribution in [3.8, 4) is 11.5 Å². The third kappa shape index (κ3) is 4.75. The standard InChI is InChI=1S/C31H33N3O5S/c1-7-38-25-15-20(13-14-24(25)37-6)28-27(30(36)39-8-2)19(5)32-31-34(28)29(35)26(40-31)16-21-17-33(18(3)4)23-12-10-9-11-22(21)23/h9-18,28H,7-8H2,1-6H3/b26-16-/t28-/m1/s1. The molecule has 9 heteroatoms. The summed E-state index contributed by atoms with van der Waals surface area (Å²) in [6, 6.07) is 13.1. The van der Waals surface area contributed by atoms with Crippen LogP contribution in [0.3, 0.4) is 0 Å². The molecule has 40 heavy (non-hydrogen) atoms. The Balaban J connectivity index is 1.75. The lowest BCUT2D eigenvalue weighted by Gasteiger charge is -2.25. The molecule has 0 aliphatic carbocycles. The fraction of sp³-hybridized carbons (Fsp3) is 0.323. The first-order valence-corrected chi connectivity index (χ1v) is 14.2. The van der Waals surface area contributed by atoms with E-state index in [1.165, 1.54) is 11.3 Å². The molecular weight excluding hydrogens is 526 g/mol. The number of hydrogen-bond donors (Lipinski definition) is 0. The van der Waals surface area contributed by atoms with Gasteiger partial charge in [0.1, 0.15) is 0 Å². The third-order valence-corrected chi connectivity index (χ3v) is 7.92. The second kappa shape index (κ2) is 11.2. The van der Waals surface area contributed by atoms with Gasteiger partial charge in [-0.15, -0.1) is 0 Å². The van der Waals surface area contributed by atoms with Crippen molar-refractivity contribution >= 4 is 34.3 Å². The molecule has 0 saturated carbocycles. The summed E-state index contributed by atoms with van der Waals surface area (Å²) in [5, 5.41) is 1.07. The van der Waals surface area contributed by atoms with Crippen LogP contribution in [0.5, 0.6) is 11.5 Å². The van der Waals surface area contributed by atoms with E-state index in [0.29, 0.717) is 44.3 Å². The number of hydrogen-bond acceptors (Lipinski definition) is 7. The van der Waals surface area contributed by atoms with Crippen molar-refractivity contribution in [2.24, 2.45) is 4.99 Å². The first-order chi connectivity index (χ1) is 19.3. The second-order valence-electron chi connectivity index (χ2n) is 9.75. The normalized spacial score (nSPS) is 15.4. The molecule has 0 N–H and O–H groups in total. The van der Waals surface area contributed by atoms with E-state index in [1.54, 1.807) is 31.6 Å². The molecule has 1 aliphatic rings. The van der Waals surface area contributed by atoms with Gasteiger partial charge in [-0.25, -0.2) is 9.79 Å². The Morgan fingerprint density at radius 2 is 1.90 bits per heavy atom. The average molecular weight is 560 g/mol. The number of carbonyl (C=O) groups excluding carboxylic acids is 1. The fourth-order valence-electron chi connectivity index (χ4n) is 5.15. The first-order valence-electron chi connectivity index (χ1n) is 13.4. The molecule has 208 valence electrons. The van der Waals surface area contributed by atoms with Crippen LogP contribution in [-0.2, 0) is 9.53 Å². The zero-order valence-electron chi connectivity index (χ0n) is 23.6. The quantitative estimate of drug-likeness (QED) is 0.291. The summed E-state index contributed by atoms with van der Waals surface area (Å²) in [5.41, 5.74) is 3.38. The summed E-state index contributed by atoms with van der Waals surface area (Å²) in [4.78, 5) is 32.5. The molecule has 8 nitrogen and oxygen atoms in total. The Morgan fingerprint density at radius 1 is 1.12 bits per heavy atom. The molecule has 1 atom stereocenters. The van der Waals surface area contributed by atoms with Crippen LogP contribution in [0, 0.1) is 0 Å². The second-order valence-corrected chi connectivity index (χ2v) is 10.8. The Bertz CT molecular complexity index is 1810. The minimum atomic E-state index is -0.737. The van der Waals surface area contributed by atoms with Crippen molar-refractivity contribution < 1.29 is 19.0 Å². The van der Waals surface area contributed by atoms with Crippen LogP contribution in [-0.4, -0.2) is 35.4 Å². The van der Waals surface area contributed by atoms with Gasteiger partial charge in [0, 0.05) is 28.7 Å². The maximum atomic E-state index is 14.1. The lowest BCUT2D eigenvalue weighted by atomic mass is 9.95. The van der Waals surface area contributed by atoms with E-state index >= 15 is 0 Å². The number of aromatic nitrogens is 2. The van der Waals surface area contributed by atoms with E-state index in [1.807, 2.05) is 37.3 Å². The number of ether oxygens (including phenoxy) is 3. The number of nitrogens with zero attached hydrogens (tertiary/aromatic N) is 3. The fourth-order valence-corrected chi connectivity index (χ4v) is 6.19. The van der Waals surface area contributed by atoms with Crippen LogP contribution < -0.4 is 24.4 Å². The molecule has 0 unspecified atom stereocenters. The molecule has 0 spiro atoms. The molecule has 0 saturated heterocycles. The van der Waals surface area contributed by atoms with Crippen molar-refractivity contribution in [2.45, 2.75) is 46.7 Å². The van der Waals surface area contributed by atoms with Gasteiger partial charge in [0.2, 0.25) is 0 Å². The van der Waals surface area contributed by atoms with Crippen LogP contribution in [0.2, 0.25) is 0 Å². The number of allylic oxidation sites excluding steroid dienone is 1. The number of thiazole rings is 1. The molecule has 0 fully saturated rings. The van der Waals surface area contributed by atoms with Gasteiger partial charge >= 0.3 is 5.97 Å². The van der Waals surface area contributed by atoms with Gasteiger partial charge in [0.25, 0.3) is 5.56 Å². The van der Waals surface area contributed by atoms with Gasteiger partial charge in [-0.2, -0.15) is 0 Å². The molecule has 3 heterocycles. The lowest BCUT2D eigenvalue weighted by Crippen LogP contribution is -2.40. The summed E-state index contributed by atoms with van der Waals surface area (Å²) in [6.45, 7) is 10.3. The van der Waals surface area contributed by atoms with Crippen LogP contribution in [0.15, 0.2) is 69.7 Å². The minimum absolute atomic E-state index is 0.208. The zero-order valence-corrected chi connectivity index (χ0v) is 24.4. The van der Waals surface area contributed by atoms with Gasteiger partial charge in [-0.3, -0.25) is 9.36 Å². The number of benzene rings is 2. The van der Waals surface area contributed by atoms with Crippen molar-refractivity contribution in [1.29, 1.82) is 0 Å². The van der Waals surface area contributed by atoms with E-state index in [9.17, 15) is 9.59 Å². The zero-order chi connectivity index (χ0) is 28.6. The van der Waals surface area contributed by atoms with Gasteiger partial charge in [-0.05, 0) is 64.5 Å². The van der Waals surface area contributed by atoms with Gasteiger partial charge in [0.15, 0.2) is 16.3 Å². The number of rotatable bonds is 8. The number of carbonyl (C=O) groups is 1. The molecular formula is C31H33N3O5S. The highest BCUT2D eigenvalue weighted by Crippen LogP contribution is 2.36. The number of esters is 1. The number of fused-ring (bicyclic) bond motifs is 2. The average Bonchev–Trinajstić information content (AvgIpc) is 3.45. The van der Waals surface area contributed by atoms with Gasteiger partial charge < -0.3 is 18.8 Å². The van der Waals surface area contributed by atoms with Crippen LogP contribution in [0.1, 0.15) is 57.8 Å².